The number of esters is 1. The minimum atomic E-state index is -1.24. The molecule has 0 amide bonds. The highest BCUT2D eigenvalue weighted by Gasteiger charge is 2.05. The third-order valence-electron chi connectivity index (χ3n) is 0.973. The molecule has 0 aromatic rings. The lowest BCUT2D eigenvalue weighted by Gasteiger charge is -2.09. The van der Waals surface area contributed by atoms with E-state index in [1.165, 1.54) is 6.92 Å². The Bertz CT molecular complexity index is 214. The van der Waals surface area contributed by atoms with Crippen LogP contribution in [0.25, 0.3) is 0 Å². The molecule has 0 heterocycles. The van der Waals surface area contributed by atoms with Gasteiger partial charge in [0.05, 0.1) is 13.2 Å². The van der Waals surface area contributed by atoms with Crippen LogP contribution in [0.5, 0.6) is 0 Å². The van der Waals surface area contributed by atoms with E-state index in [4.69, 9.17) is 15.3 Å². The Morgan fingerprint density at radius 3 is 2.31 bits per heavy atom. The summed E-state index contributed by atoms with van der Waals surface area (Å²) in [6.07, 6.45) is -0.404. The molecule has 0 aromatic heterocycles. The number of aliphatic hydroxyl groups is 2. The molecule has 16 heavy (non-hydrogen) atoms. The predicted octanol–water partition coefficient (Wildman–Crippen LogP) is -0.866. The van der Waals surface area contributed by atoms with Crippen molar-refractivity contribution >= 4 is 11.9 Å². The summed E-state index contributed by atoms with van der Waals surface area (Å²) in [4.78, 5) is 19.4. The third kappa shape index (κ3) is 18.4. The van der Waals surface area contributed by atoms with Crippen LogP contribution in [0.15, 0.2) is 12.7 Å². The Morgan fingerprint density at radius 1 is 1.50 bits per heavy atom. The fraction of sp³-hybridized carbons (Fsp3) is 0.556. The monoisotopic (exact) mass is 236 g/mol. The van der Waals surface area contributed by atoms with Gasteiger partial charge in [-0.15, -0.1) is 0 Å². The van der Waals surface area contributed by atoms with E-state index in [0.29, 0.717) is 0 Å². The largest absolute Gasteiger partial charge is 0.478 e. The van der Waals surface area contributed by atoms with Gasteiger partial charge in [-0.1, -0.05) is 6.58 Å². The van der Waals surface area contributed by atoms with Crippen molar-refractivity contribution in [3.8, 4) is 0 Å². The molecule has 0 saturated carbocycles. The van der Waals surface area contributed by atoms with Crippen molar-refractivity contribution in [3.63, 3.8) is 0 Å². The van der Waals surface area contributed by atoms with E-state index in [1.54, 1.807) is 0 Å². The lowest BCUT2D eigenvalue weighted by molar-refractivity contribution is -0.174. The molecule has 1 atom stereocenters. The number of ether oxygens (including phenoxy) is 2. The average molecular weight is 236 g/mol. The summed E-state index contributed by atoms with van der Waals surface area (Å²) in [5.74, 6) is -1.55. The van der Waals surface area contributed by atoms with Crippen molar-refractivity contribution < 1.29 is 34.4 Å². The highest BCUT2D eigenvalue weighted by Crippen LogP contribution is 1.88. The van der Waals surface area contributed by atoms with Crippen LogP contribution in [0.4, 0.5) is 0 Å². The Morgan fingerprint density at radius 2 is 2.00 bits per heavy atom. The first kappa shape index (κ1) is 17.0. The minimum absolute atomic E-state index is 0.111. The second-order valence-electron chi connectivity index (χ2n) is 2.40. The molecule has 3 N–H and O–H groups in total. The number of carboxylic acids is 1. The van der Waals surface area contributed by atoms with Crippen LogP contribution in [0.3, 0.4) is 0 Å². The highest BCUT2D eigenvalue weighted by molar-refractivity contribution is 5.78. The van der Waals surface area contributed by atoms with E-state index >= 15 is 0 Å². The molecule has 0 aliphatic heterocycles. The van der Waals surface area contributed by atoms with Gasteiger partial charge in [-0.05, 0) is 0 Å². The molecule has 0 saturated heterocycles. The van der Waals surface area contributed by atoms with Crippen molar-refractivity contribution in [1.82, 2.24) is 0 Å². The van der Waals surface area contributed by atoms with Crippen LogP contribution < -0.4 is 0 Å². The summed E-state index contributed by atoms with van der Waals surface area (Å²) in [6, 6.07) is 0. The van der Waals surface area contributed by atoms with Crippen molar-refractivity contribution in [2.24, 2.45) is 0 Å². The Labute approximate surface area is 92.9 Å². The van der Waals surface area contributed by atoms with Gasteiger partial charge < -0.3 is 24.8 Å². The summed E-state index contributed by atoms with van der Waals surface area (Å²) < 4.78 is 8.97. The predicted molar refractivity (Wildman–Crippen MR) is 53.5 cm³/mol. The first-order chi connectivity index (χ1) is 7.43. The van der Waals surface area contributed by atoms with Crippen LogP contribution in [-0.2, 0) is 19.1 Å². The molecule has 0 radical (unpaired) electrons. The maximum atomic E-state index is 10.2. The van der Waals surface area contributed by atoms with E-state index in [-0.39, 0.29) is 19.8 Å². The molecular formula is C9H16O7. The molecule has 7 nitrogen and oxygen atoms in total. The summed E-state index contributed by atoms with van der Waals surface area (Å²) in [5.41, 5.74) is 0. The number of carbonyl (C=O) groups excluding carboxylic acids is 1. The second-order valence-corrected chi connectivity index (χ2v) is 2.40. The standard InChI is InChI=1S/C6H12O5.C3H4O2/c1-5(8)11-6(9)4-10-3-2-7;1-2-3(4)5/h6-7,9H,2-4H2,1H3;2H,1H2,(H,4,5). The van der Waals surface area contributed by atoms with Gasteiger partial charge in [0.1, 0.15) is 6.61 Å². The van der Waals surface area contributed by atoms with Gasteiger partial charge in [-0.25, -0.2) is 4.79 Å². The fourth-order valence-corrected chi connectivity index (χ4v) is 0.474. The van der Waals surface area contributed by atoms with Crippen molar-refractivity contribution in [2.45, 2.75) is 13.2 Å². The van der Waals surface area contributed by atoms with Gasteiger partial charge in [0.25, 0.3) is 0 Å². The van der Waals surface area contributed by atoms with E-state index < -0.39 is 18.2 Å². The molecule has 0 rings (SSSR count). The number of rotatable bonds is 6. The first-order valence-electron chi connectivity index (χ1n) is 4.33. The number of carbonyl (C=O) groups is 2. The number of aliphatic carboxylic acids is 1. The smallest absolute Gasteiger partial charge is 0.327 e. The van der Waals surface area contributed by atoms with Crippen LogP contribution >= 0.6 is 0 Å². The van der Waals surface area contributed by atoms with Gasteiger partial charge in [-0.3, -0.25) is 4.79 Å². The maximum Gasteiger partial charge on any atom is 0.327 e. The summed E-state index contributed by atoms with van der Waals surface area (Å²) in [7, 11) is 0. The quantitative estimate of drug-likeness (QED) is 0.238. The zero-order valence-electron chi connectivity index (χ0n) is 8.96. The molecule has 0 aliphatic rings. The normalized spacial score (nSPS) is 10.7. The molecular weight excluding hydrogens is 220 g/mol. The molecule has 1 unspecified atom stereocenters. The number of aliphatic hydroxyl groups excluding tert-OH is 2. The molecule has 0 spiro atoms. The maximum absolute atomic E-state index is 10.2. The SMILES string of the molecule is C=CC(=O)O.CC(=O)OC(O)COCCO. The van der Waals surface area contributed by atoms with E-state index in [1.807, 2.05) is 0 Å². The molecule has 7 heteroatoms. The van der Waals surface area contributed by atoms with E-state index in [9.17, 15) is 9.59 Å². The second kappa shape index (κ2) is 11.6. The van der Waals surface area contributed by atoms with Gasteiger partial charge >= 0.3 is 11.9 Å². The zero-order valence-corrected chi connectivity index (χ0v) is 8.96. The van der Waals surface area contributed by atoms with Gasteiger partial charge in [-0.2, -0.15) is 0 Å². The molecule has 0 bridgehead atoms. The molecule has 94 valence electrons. The van der Waals surface area contributed by atoms with Crippen LogP contribution in [0, 0.1) is 0 Å². The van der Waals surface area contributed by atoms with Crippen molar-refractivity contribution in [2.75, 3.05) is 19.8 Å². The van der Waals surface area contributed by atoms with E-state index in [2.05, 4.69) is 16.1 Å². The van der Waals surface area contributed by atoms with Crippen LogP contribution in [0.2, 0.25) is 0 Å². The fourth-order valence-electron chi connectivity index (χ4n) is 0.474. The molecule has 0 fully saturated rings. The Balaban J connectivity index is 0. The van der Waals surface area contributed by atoms with Crippen LogP contribution in [-0.4, -0.2) is 53.4 Å². The summed E-state index contributed by atoms with van der Waals surface area (Å²) in [5, 5.41) is 24.6. The van der Waals surface area contributed by atoms with Crippen LogP contribution in [0.1, 0.15) is 6.92 Å². The van der Waals surface area contributed by atoms with Gasteiger partial charge in [0.2, 0.25) is 6.29 Å². The van der Waals surface area contributed by atoms with Crippen molar-refractivity contribution in [3.05, 3.63) is 12.7 Å². The zero-order chi connectivity index (χ0) is 13.0. The lowest BCUT2D eigenvalue weighted by Crippen LogP contribution is -2.22. The molecule has 0 aliphatic carbocycles. The number of hydrogen-bond donors (Lipinski definition) is 3. The Hall–Kier alpha value is -1.44. The van der Waals surface area contributed by atoms with E-state index in [0.717, 1.165) is 6.08 Å². The van der Waals surface area contributed by atoms with Crippen molar-refractivity contribution in [1.29, 1.82) is 0 Å². The Kier molecular flexibility index (Phi) is 12.3. The number of hydrogen-bond acceptors (Lipinski definition) is 6. The minimum Gasteiger partial charge on any atom is -0.478 e. The third-order valence-corrected chi connectivity index (χ3v) is 0.973. The summed E-state index contributed by atoms with van der Waals surface area (Å²) in [6.45, 7) is 4.04. The molecule has 0 aromatic carbocycles. The highest BCUT2D eigenvalue weighted by atomic mass is 16.7. The van der Waals surface area contributed by atoms with Gasteiger partial charge in [0.15, 0.2) is 0 Å². The topological polar surface area (TPSA) is 113 Å². The average Bonchev–Trinajstić information content (AvgIpc) is 2.18. The lowest BCUT2D eigenvalue weighted by atomic mass is 10.6. The first-order valence-corrected chi connectivity index (χ1v) is 4.33. The summed E-state index contributed by atoms with van der Waals surface area (Å²) >= 11 is 0. The number of carboxylic acid groups (broad SMARTS) is 1. The van der Waals surface area contributed by atoms with Gasteiger partial charge in [0, 0.05) is 13.0 Å².